The van der Waals surface area contributed by atoms with Gasteiger partial charge in [0.1, 0.15) is 0 Å². The number of nitrogens with zero attached hydrogens (tertiary/aromatic N) is 1. The van der Waals surface area contributed by atoms with Crippen LogP contribution in [0.3, 0.4) is 0 Å². The van der Waals surface area contributed by atoms with Gasteiger partial charge in [-0.05, 0) is 31.4 Å². The van der Waals surface area contributed by atoms with Crippen molar-refractivity contribution >= 4 is 0 Å². The lowest BCUT2D eigenvalue weighted by atomic mass is 9.99. The molecule has 0 bridgehead atoms. The van der Waals surface area contributed by atoms with E-state index in [-0.39, 0.29) is 0 Å². The summed E-state index contributed by atoms with van der Waals surface area (Å²) in [5.74, 6) is 1.40. The van der Waals surface area contributed by atoms with Crippen LogP contribution in [-0.2, 0) is 6.42 Å². The Kier molecular flexibility index (Phi) is 3.82. The van der Waals surface area contributed by atoms with Crippen LogP contribution in [0, 0.1) is 6.92 Å². The van der Waals surface area contributed by atoms with Gasteiger partial charge < -0.3 is 10.3 Å². The summed E-state index contributed by atoms with van der Waals surface area (Å²) in [6.07, 6.45) is 0.802. The number of aryl methyl sites for hydroxylation is 1. The fourth-order valence-electron chi connectivity index (χ4n) is 2.07. The first-order valence-corrected chi connectivity index (χ1v) is 6.39. The number of benzene rings is 1. The minimum Gasteiger partial charge on any atom is -0.356 e. The van der Waals surface area contributed by atoms with E-state index in [1.54, 1.807) is 0 Å². The Bertz CT molecular complexity index is 512. The minimum absolute atomic E-state index is 0.541. The van der Waals surface area contributed by atoms with Gasteiger partial charge in [-0.2, -0.15) is 0 Å². The highest BCUT2D eigenvalue weighted by molar-refractivity contribution is 5.62. The Morgan fingerprint density at radius 3 is 2.44 bits per heavy atom. The topological polar surface area (TPSA) is 52.0 Å². The Labute approximate surface area is 108 Å². The van der Waals surface area contributed by atoms with Crippen LogP contribution in [-0.4, -0.2) is 11.7 Å². The highest BCUT2D eigenvalue weighted by Crippen LogP contribution is 2.27. The van der Waals surface area contributed by atoms with Crippen LogP contribution in [0.4, 0.5) is 0 Å². The van der Waals surface area contributed by atoms with Crippen molar-refractivity contribution in [1.82, 2.24) is 5.16 Å². The molecule has 0 aliphatic rings. The maximum absolute atomic E-state index is 5.63. The van der Waals surface area contributed by atoms with Crippen LogP contribution in [0.25, 0.3) is 11.3 Å². The molecule has 0 unspecified atom stereocenters. The Hall–Kier alpha value is -1.61. The van der Waals surface area contributed by atoms with Crippen LogP contribution >= 0.6 is 0 Å². The van der Waals surface area contributed by atoms with Crippen molar-refractivity contribution in [2.75, 3.05) is 6.54 Å². The van der Waals surface area contributed by atoms with Gasteiger partial charge in [0.05, 0.1) is 5.69 Å². The van der Waals surface area contributed by atoms with Crippen molar-refractivity contribution in [2.45, 2.75) is 33.1 Å². The molecule has 2 N–H and O–H groups in total. The molecule has 0 amide bonds. The zero-order valence-electron chi connectivity index (χ0n) is 11.2. The summed E-state index contributed by atoms with van der Waals surface area (Å²) < 4.78 is 5.43. The van der Waals surface area contributed by atoms with E-state index < -0.39 is 0 Å². The van der Waals surface area contributed by atoms with Crippen molar-refractivity contribution in [2.24, 2.45) is 5.73 Å². The van der Waals surface area contributed by atoms with E-state index in [0.29, 0.717) is 12.5 Å². The molecule has 2 aromatic rings. The fraction of sp³-hybridized carbons (Fsp3) is 0.400. The van der Waals surface area contributed by atoms with Gasteiger partial charge in [-0.1, -0.05) is 43.3 Å². The van der Waals surface area contributed by atoms with Crippen LogP contribution in [0.2, 0.25) is 0 Å². The summed E-state index contributed by atoms with van der Waals surface area (Å²) in [5, 5.41) is 4.04. The van der Waals surface area contributed by atoms with Gasteiger partial charge in [0.2, 0.25) is 0 Å². The summed E-state index contributed by atoms with van der Waals surface area (Å²) in [6, 6.07) is 8.47. The normalized spacial score (nSPS) is 11.2. The molecule has 0 saturated heterocycles. The lowest BCUT2D eigenvalue weighted by Crippen LogP contribution is -2.04. The summed E-state index contributed by atoms with van der Waals surface area (Å²) in [7, 11) is 0. The molecule has 0 saturated carbocycles. The molecule has 1 aromatic heterocycles. The predicted molar refractivity (Wildman–Crippen MR) is 73.5 cm³/mol. The lowest BCUT2D eigenvalue weighted by molar-refractivity contribution is 0.426. The van der Waals surface area contributed by atoms with Gasteiger partial charge in [-0.25, -0.2) is 0 Å². The van der Waals surface area contributed by atoms with Crippen LogP contribution in [0.15, 0.2) is 28.8 Å². The number of rotatable bonds is 4. The molecule has 18 heavy (non-hydrogen) atoms. The van der Waals surface area contributed by atoms with Gasteiger partial charge in [-0.3, -0.25) is 0 Å². The third kappa shape index (κ3) is 2.46. The largest absolute Gasteiger partial charge is 0.356 e. The first-order valence-electron chi connectivity index (χ1n) is 6.39. The maximum Gasteiger partial charge on any atom is 0.170 e. The fourth-order valence-corrected chi connectivity index (χ4v) is 2.07. The number of aromatic nitrogens is 1. The molecule has 1 heterocycles. The van der Waals surface area contributed by atoms with E-state index in [0.717, 1.165) is 29.0 Å². The standard InChI is InChI=1S/C15H20N2O/c1-10(2)12-4-6-13(7-5-12)15-14(8-9-16)11(3)17-18-15/h4-7,10H,8-9,16H2,1-3H3. The van der Waals surface area contributed by atoms with Crippen molar-refractivity contribution < 1.29 is 4.52 Å². The third-order valence-electron chi connectivity index (χ3n) is 3.22. The smallest absolute Gasteiger partial charge is 0.170 e. The van der Waals surface area contributed by atoms with E-state index in [1.165, 1.54) is 5.56 Å². The van der Waals surface area contributed by atoms with Crippen molar-refractivity contribution in [1.29, 1.82) is 0 Å². The van der Waals surface area contributed by atoms with Gasteiger partial charge in [0, 0.05) is 11.1 Å². The van der Waals surface area contributed by atoms with E-state index in [4.69, 9.17) is 10.3 Å². The molecule has 0 atom stereocenters. The quantitative estimate of drug-likeness (QED) is 0.898. The molecule has 1 aromatic carbocycles. The maximum atomic E-state index is 5.63. The second-order valence-corrected chi connectivity index (χ2v) is 4.89. The average molecular weight is 244 g/mol. The van der Waals surface area contributed by atoms with Crippen molar-refractivity contribution in [3.05, 3.63) is 41.1 Å². The zero-order valence-corrected chi connectivity index (χ0v) is 11.2. The summed E-state index contributed by atoms with van der Waals surface area (Å²) >= 11 is 0. The number of nitrogens with two attached hydrogens (primary N) is 1. The Balaban J connectivity index is 2.36. The molecular formula is C15H20N2O. The summed E-state index contributed by atoms with van der Waals surface area (Å²) in [4.78, 5) is 0. The molecule has 2 rings (SSSR count). The molecule has 0 aliphatic heterocycles. The van der Waals surface area contributed by atoms with Crippen molar-refractivity contribution in [3.8, 4) is 11.3 Å². The van der Waals surface area contributed by atoms with E-state index >= 15 is 0 Å². The van der Waals surface area contributed by atoms with Crippen LogP contribution in [0.1, 0.15) is 36.6 Å². The minimum atomic E-state index is 0.541. The van der Waals surface area contributed by atoms with Gasteiger partial charge in [-0.15, -0.1) is 0 Å². The third-order valence-corrected chi connectivity index (χ3v) is 3.22. The number of hydrogen-bond acceptors (Lipinski definition) is 3. The first-order chi connectivity index (χ1) is 8.63. The molecule has 3 heteroatoms. The predicted octanol–water partition coefficient (Wildman–Crippen LogP) is 3.27. The Morgan fingerprint density at radius 2 is 1.89 bits per heavy atom. The molecule has 0 aliphatic carbocycles. The first kappa shape index (κ1) is 12.8. The lowest BCUT2D eigenvalue weighted by Gasteiger charge is -2.06. The van der Waals surface area contributed by atoms with Gasteiger partial charge in [0.25, 0.3) is 0 Å². The van der Waals surface area contributed by atoms with Gasteiger partial charge >= 0.3 is 0 Å². The molecule has 3 nitrogen and oxygen atoms in total. The Morgan fingerprint density at radius 1 is 1.22 bits per heavy atom. The highest BCUT2D eigenvalue weighted by atomic mass is 16.5. The SMILES string of the molecule is Cc1noc(-c2ccc(C(C)C)cc2)c1CCN. The summed E-state index contributed by atoms with van der Waals surface area (Å²) in [6.45, 7) is 6.94. The van der Waals surface area contributed by atoms with E-state index in [9.17, 15) is 0 Å². The van der Waals surface area contributed by atoms with Crippen LogP contribution in [0.5, 0.6) is 0 Å². The monoisotopic (exact) mass is 244 g/mol. The zero-order chi connectivity index (χ0) is 13.1. The highest BCUT2D eigenvalue weighted by Gasteiger charge is 2.14. The van der Waals surface area contributed by atoms with E-state index in [2.05, 4.69) is 43.3 Å². The molecule has 0 spiro atoms. The molecule has 0 fully saturated rings. The molecule has 96 valence electrons. The summed E-state index contributed by atoms with van der Waals surface area (Å²) in [5.41, 5.74) is 10.1. The molecule has 0 radical (unpaired) electrons. The van der Waals surface area contributed by atoms with Crippen molar-refractivity contribution in [3.63, 3.8) is 0 Å². The van der Waals surface area contributed by atoms with Crippen LogP contribution < -0.4 is 5.73 Å². The van der Waals surface area contributed by atoms with E-state index in [1.807, 2.05) is 6.92 Å². The second kappa shape index (κ2) is 5.36. The second-order valence-electron chi connectivity index (χ2n) is 4.89. The average Bonchev–Trinajstić information content (AvgIpc) is 2.72. The molecular weight excluding hydrogens is 224 g/mol. The van der Waals surface area contributed by atoms with Gasteiger partial charge in [0.15, 0.2) is 5.76 Å². The number of hydrogen-bond donors (Lipinski definition) is 1.